The van der Waals surface area contributed by atoms with Crippen molar-refractivity contribution in [2.75, 3.05) is 6.54 Å². The molecule has 0 saturated heterocycles. The topological polar surface area (TPSA) is 114 Å². The van der Waals surface area contributed by atoms with E-state index < -0.39 is 53.2 Å². The number of carbonyl (C=O) groups excluding carboxylic acids is 4. The fraction of sp³-hybridized carbons (Fsp3) is 0.568. The van der Waals surface area contributed by atoms with E-state index in [4.69, 9.17) is 9.47 Å². The van der Waals surface area contributed by atoms with E-state index in [0.29, 0.717) is 12.0 Å². The summed E-state index contributed by atoms with van der Waals surface area (Å²) in [7, 11) is 0. The highest BCUT2D eigenvalue weighted by atomic mass is 16.6. The lowest BCUT2D eigenvalue weighted by atomic mass is 9.99. The summed E-state index contributed by atoms with van der Waals surface area (Å²) >= 11 is 0. The highest BCUT2D eigenvalue weighted by molar-refractivity contribution is 5.93. The third-order valence-electron chi connectivity index (χ3n) is 7.19. The van der Waals surface area contributed by atoms with Crippen molar-refractivity contribution in [1.29, 1.82) is 0 Å². The highest BCUT2D eigenvalue weighted by Crippen LogP contribution is 2.25. The van der Waals surface area contributed by atoms with Crippen LogP contribution in [-0.2, 0) is 36.7 Å². The average Bonchev–Trinajstić information content (AvgIpc) is 2.96. The van der Waals surface area contributed by atoms with Gasteiger partial charge in [0.05, 0.1) is 0 Å². The summed E-state index contributed by atoms with van der Waals surface area (Å²) in [5.74, 6) is -1.51. The minimum absolute atomic E-state index is 0.212. The molecule has 3 amide bonds. The second-order valence-electron chi connectivity index (χ2n) is 13.7. The third kappa shape index (κ3) is 13.2. The van der Waals surface area contributed by atoms with Gasteiger partial charge >= 0.3 is 12.1 Å². The van der Waals surface area contributed by atoms with Crippen molar-refractivity contribution < 1.29 is 28.7 Å². The van der Waals surface area contributed by atoms with Gasteiger partial charge in [-0.2, -0.15) is 0 Å². The van der Waals surface area contributed by atoms with E-state index in [2.05, 4.69) is 17.6 Å². The average molecular weight is 638 g/mol. The van der Waals surface area contributed by atoms with E-state index in [1.54, 1.807) is 48.5 Å². The monoisotopic (exact) mass is 637 g/mol. The second-order valence-corrected chi connectivity index (χ2v) is 13.7. The molecule has 46 heavy (non-hydrogen) atoms. The van der Waals surface area contributed by atoms with Crippen molar-refractivity contribution in [2.45, 2.75) is 130 Å². The van der Waals surface area contributed by atoms with E-state index in [1.807, 2.05) is 61.5 Å². The molecule has 3 unspecified atom stereocenters. The van der Waals surface area contributed by atoms with Gasteiger partial charge in [-0.25, -0.2) is 9.59 Å². The number of unbranched alkanes of at least 4 members (excludes halogenated alkanes) is 3. The molecule has 9 nitrogen and oxygen atoms in total. The minimum atomic E-state index is -1.07. The minimum Gasteiger partial charge on any atom is -0.458 e. The summed E-state index contributed by atoms with van der Waals surface area (Å²) in [6, 6.07) is 13.9. The maximum Gasteiger partial charge on any atom is 0.408 e. The number of benzene rings is 2. The SMILES string of the molecule is CCCCCCN(C(=O)C(C)NC(=O)OC(C)(C)C)C(C(=O)NC(Cc1ccccc1)C(=O)OC(C)(C)C)c1ccc(CC)cc1. The van der Waals surface area contributed by atoms with Crippen molar-refractivity contribution in [3.05, 3.63) is 71.3 Å². The molecule has 0 radical (unpaired) electrons. The Morgan fingerprint density at radius 2 is 1.37 bits per heavy atom. The van der Waals surface area contributed by atoms with Crippen molar-refractivity contribution in [1.82, 2.24) is 15.5 Å². The molecular weight excluding hydrogens is 582 g/mol. The van der Waals surface area contributed by atoms with Crippen LogP contribution in [0.1, 0.15) is 111 Å². The molecule has 254 valence electrons. The van der Waals surface area contributed by atoms with Crippen LogP contribution in [0, 0.1) is 0 Å². The highest BCUT2D eigenvalue weighted by Gasteiger charge is 2.37. The summed E-state index contributed by atoms with van der Waals surface area (Å²) in [5, 5.41) is 5.58. The van der Waals surface area contributed by atoms with E-state index in [0.717, 1.165) is 36.8 Å². The van der Waals surface area contributed by atoms with Crippen LogP contribution in [0.3, 0.4) is 0 Å². The van der Waals surface area contributed by atoms with E-state index in [1.165, 1.54) is 4.90 Å². The quantitative estimate of drug-likeness (QED) is 0.166. The van der Waals surface area contributed by atoms with Gasteiger partial charge in [-0.3, -0.25) is 9.59 Å². The largest absolute Gasteiger partial charge is 0.458 e. The third-order valence-corrected chi connectivity index (χ3v) is 7.19. The van der Waals surface area contributed by atoms with Gasteiger partial charge in [-0.1, -0.05) is 87.7 Å². The maximum absolute atomic E-state index is 14.4. The van der Waals surface area contributed by atoms with Crippen LogP contribution in [0.15, 0.2) is 54.6 Å². The van der Waals surface area contributed by atoms with Gasteiger partial charge in [0.15, 0.2) is 0 Å². The zero-order valence-electron chi connectivity index (χ0n) is 29.3. The summed E-state index contributed by atoms with van der Waals surface area (Å²) in [6.07, 6.45) is 3.81. The molecular formula is C37H55N3O6. The summed E-state index contributed by atoms with van der Waals surface area (Å²) in [5.41, 5.74) is 1.03. The van der Waals surface area contributed by atoms with Crippen molar-refractivity contribution in [3.8, 4) is 0 Å². The van der Waals surface area contributed by atoms with Gasteiger partial charge < -0.3 is 25.0 Å². The van der Waals surface area contributed by atoms with Gasteiger partial charge in [0.1, 0.15) is 29.3 Å². The number of amides is 3. The summed E-state index contributed by atoms with van der Waals surface area (Å²) in [6.45, 7) is 16.6. The molecule has 9 heteroatoms. The van der Waals surface area contributed by atoms with Crippen molar-refractivity contribution >= 4 is 23.9 Å². The van der Waals surface area contributed by atoms with Crippen LogP contribution in [0.25, 0.3) is 0 Å². The zero-order valence-corrected chi connectivity index (χ0v) is 29.3. The predicted octanol–water partition coefficient (Wildman–Crippen LogP) is 6.68. The molecule has 0 aliphatic rings. The molecule has 0 aliphatic carbocycles. The first-order valence-corrected chi connectivity index (χ1v) is 16.5. The molecule has 0 spiro atoms. The number of nitrogens with zero attached hydrogens (tertiary/aromatic N) is 1. The molecule has 0 fully saturated rings. The number of esters is 1. The smallest absolute Gasteiger partial charge is 0.408 e. The van der Waals surface area contributed by atoms with Gasteiger partial charge in [0.2, 0.25) is 11.8 Å². The Hall–Kier alpha value is -3.88. The number of carbonyl (C=O) groups is 4. The van der Waals surface area contributed by atoms with Crippen molar-refractivity contribution in [2.24, 2.45) is 0 Å². The first-order valence-electron chi connectivity index (χ1n) is 16.5. The molecule has 3 atom stereocenters. The van der Waals surface area contributed by atoms with Crippen LogP contribution in [0.4, 0.5) is 4.79 Å². The fourth-order valence-electron chi connectivity index (χ4n) is 4.95. The molecule has 2 aromatic rings. The second kappa shape index (κ2) is 17.7. The van der Waals surface area contributed by atoms with Crippen LogP contribution in [0.2, 0.25) is 0 Å². The molecule has 2 N–H and O–H groups in total. The Morgan fingerprint density at radius 1 is 0.761 bits per heavy atom. The first kappa shape index (κ1) is 38.3. The van der Waals surface area contributed by atoms with Crippen molar-refractivity contribution in [3.63, 3.8) is 0 Å². The Kier molecular flexibility index (Phi) is 14.8. The fourth-order valence-corrected chi connectivity index (χ4v) is 4.95. The Morgan fingerprint density at radius 3 is 1.91 bits per heavy atom. The maximum atomic E-state index is 14.4. The molecule has 2 rings (SSSR count). The van der Waals surface area contributed by atoms with Crippen LogP contribution in [-0.4, -0.2) is 58.6 Å². The molecule has 0 aliphatic heterocycles. The molecule has 0 bridgehead atoms. The van der Waals surface area contributed by atoms with E-state index in [9.17, 15) is 19.2 Å². The molecule has 0 saturated carbocycles. The zero-order chi connectivity index (χ0) is 34.5. The van der Waals surface area contributed by atoms with Gasteiger partial charge in [-0.15, -0.1) is 0 Å². The lowest BCUT2D eigenvalue weighted by Crippen LogP contribution is -2.54. The normalized spacial score (nSPS) is 13.6. The Balaban J connectivity index is 2.55. The van der Waals surface area contributed by atoms with Crippen LogP contribution >= 0.6 is 0 Å². The van der Waals surface area contributed by atoms with Gasteiger partial charge in [0, 0.05) is 13.0 Å². The number of aryl methyl sites for hydroxylation is 1. The molecule has 0 aromatic heterocycles. The van der Waals surface area contributed by atoms with E-state index in [-0.39, 0.29) is 13.0 Å². The first-order chi connectivity index (χ1) is 21.5. The number of hydrogen-bond acceptors (Lipinski definition) is 6. The van der Waals surface area contributed by atoms with Crippen LogP contribution in [0.5, 0.6) is 0 Å². The van der Waals surface area contributed by atoms with E-state index >= 15 is 0 Å². The van der Waals surface area contributed by atoms with Gasteiger partial charge in [-0.05, 0) is 78.0 Å². The van der Waals surface area contributed by atoms with Crippen LogP contribution < -0.4 is 10.6 Å². The Labute approximate surface area is 275 Å². The lowest BCUT2D eigenvalue weighted by molar-refractivity contribution is -0.159. The molecule has 2 aromatic carbocycles. The standard InChI is InChI=1S/C37H55N3O6/c1-10-12-13-17-24-40(33(42)26(3)38-35(44)46-37(7,8)9)31(29-22-20-27(11-2)21-23-29)32(41)39-30(34(43)45-36(4,5)6)25-28-18-15-14-16-19-28/h14-16,18-23,26,30-31H,10-13,17,24-25H2,1-9H3,(H,38,44)(H,39,41). The van der Waals surface area contributed by atoms with Gasteiger partial charge in [0.25, 0.3) is 0 Å². The number of hydrogen-bond donors (Lipinski definition) is 2. The molecule has 0 heterocycles. The number of ether oxygens (including phenoxy) is 2. The predicted molar refractivity (Wildman–Crippen MR) is 181 cm³/mol. The number of alkyl carbamates (subject to hydrolysis) is 1. The Bertz CT molecular complexity index is 1260. The summed E-state index contributed by atoms with van der Waals surface area (Å²) in [4.78, 5) is 56.1. The number of nitrogens with one attached hydrogen (secondary N) is 2. The summed E-state index contributed by atoms with van der Waals surface area (Å²) < 4.78 is 11.1. The lowest BCUT2D eigenvalue weighted by Gasteiger charge is -2.35. The number of rotatable bonds is 15.